The Bertz CT molecular complexity index is 552. The topological polar surface area (TPSA) is 81.2 Å². The first-order valence-corrected chi connectivity index (χ1v) is 7.02. The van der Waals surface area contributed by atoms with Crippen molar-refractivity contribution in [3.63, 3.8) is 0 Å². The molecule has 1 aliphatic heterocycles. The highest BCUT2D eigenvalue weighted by atomic mass is 32.2. The van der Waals surface area contributed by atoms with Crippen LogP contribution in [0.25, 0.3) is 11.7 Å². The Morgan fingerprint density at radius 2 is 2.32 bits per heavy atom. The number of aromatic nitrogens is 2. The lowest BCUT2D eigenvalue weighted by molar-refractivity contribution is -0.120. The van der Waals surface area contributed by atoms with E-state index < -0.39 is 0 Å². The average Bonchev–Trinajstić information content (AvgIpc) is 3.03. The van der Waals surface area contributed by atoms with Crippen LogP contribution in [0, 0.1) is 0 Å². The van der Waals surface area contributed by atoms with Crippen LogP contribution in [0.4, 0.5) is 0 Å². The predicted molar refractivity (Wildman–Crippen MR) is 68.5 cm³/mol. The van der Waals surface area contributed by atoms with E-state index in [9.17, 15) is 4.79 Å². The molecule has 1 unspecified atom stereocenters. The Balaban J connectivity index is 1.71. The van der Waals surface area contributed by atoms with E-state index in [2.05, 4.69) is 15.5 Å². The van der Waals surface area contributed by atoms with E-state index in [1.165, 1.54) is 11.8 Å². The number of carbonyl (C=O) groups excluding carboxylic acids is 1. The molecular weight excluding hydrogens is 266 g/mol. The van der Waals surface area contributed by atoms with Gasteiger partial charge in [0.05, 0.1) is 11.5 Å². The predicted octanol–water partition coefficient (Wildman–Crippen LogP) is 2.09. The molecule has 1 saturated heterocycles. The smallest absolute Gasteiger partial charge is 0.284 e. The van der Waals surface area contributed by atoms with Gasteiger partial charge in [0.2, 0.25) is 5.91 Å². The van der Waals surface area contributed by atoms with E-state index in [0.717, 1.165) is 25.8 Å². The minimum atomic E-state index is -0.160. The highest BCUT2D eigenvalue weighted by Crippen LogP contribution is 2.29. The van der Waals surface area contributed by atoms with Gasteiger partial charge in [0.1, 0.15) is 0 Å². The molecule has 1 aliphatic rings. The first-order valence-electron chi connectivity index (χ1n) is 6.15. The van der Waals surface area contributed by atoms with E-state index >= 15 is 0 Å². The number of hydrogen-bond acceptors (Lipinski definition) is 6. The van der Waals surface area contributed by atoms with Crippen LogP contribution in [0.5, 0.6) is 0 Å². The summed E-state index contributed by atoms with van der Waals surface area (Å²) in [6, 6.07) is 3.51. The molecule has 1 N–H and O–H groups in total. The average molecular weight is 279 g/mol. The van der Waals surface area contributed by atoms with Gasteiger partial charge in [-0.2, -0.15) is 0 Å². The summed E-state index contributed by atoms with van der Waals surface area (Å²) in [7, 11) is 0. The second-order valence-corrected chi connectivity index (χ2v) is 5.40. The van der Waals surface area contributed by atoms with Crippen molar-refractivity contribution in [3.8, 4) is 11.7 Å². The summed E-state index contributed by atoms with van der Waals surface area (Å²) >= 11 is 1.31. The molecule has 1 atom stereocenters. The van der Waals surface area contributed by atoms with Gasteiger partial charge < -0.3 is 14.2 Å². The molecule has 1 amide bonds. The molecule has 0 saturated carbocycles. The third-order valence-corrected chi connectivity index (χ3v) is 3.97. The lowest BCUT2D eigenvalue weighted by atomic mass is 10.2. The fourth-order valence-electron chi connectivity index (χ4n) is 1.90. The van der Waals surface area contributed by atoms with Crippen molar-refractivity contribution < 1.29 is 13.6 Å². The van der Waals surface area contributed by atoms with Gasteiger partial charge in [-0.25, -0.2) is 0 Å². The van der Waals surface area contributed by atoms with Gasteiger partial charge in [0.15, 0.2) is 5.76 Å². The van der Waals surface area contributed by atoms with E-state index in [4.69, 9.17) is 8.83 Å². The Morgan fingerprint density at radius 1 is 1.37 bits per heavy atom. The molecule has 2 aromatic rings. The van der Waals surface area contributed by atoms with Crippen molar-refractivity contribution in [1.29, 1.82) is 0 Å². The molecule has 19 heavy (non-hydrogen) atoms. The van der Waals surface area contributed by atoms with Crippen LogP contribution in [0.3, 0.4) is 0 Å². The number of thioether (sulfide) groups is 1. The van der Waals surface area contributed by atoms with Gasteiger partial charge in [0, 0.05) is 6.54 Å². The first kappa shape index (κ1) is 12.3. The number of nitrogens with one attached hydrogen (secondary N) is 1. The summed E-state index contributed by atoms with van der Waals surface area (Å²) in [5.41, 5.74) is 0. The molecule has 0 bridgehead atoms. The molecule has 100 valence electrons. The van der Waals surface area contributed by atoms with Crippen molar-refractivity contribution in [2.45, 2.75) is 29.7 Å². The normalized spacial score (nSPS) is 20.0. The molecule has 1 fully saturated rings. The van der Waals surface area contributed by atoms with Crippen molar-refractivity contribution in [2.75, 3.05) is 6.54 Å². The summed E-state index contributed by atoms with van der Waals surface area (Å²) < 4.78 is 10.7. The van der Waals surface area contributed by atoms with Crippen molar-refractivity contribution in [2.24, 2.45) is 0 Å². The highest BCUT2D eigenvalue weighted by Gasteiger charge is 2.24. The standard InChI is InChI=1S/C12H13N3O3S/c16-10-9(5-1-2-6-13-10)19-12-15-14-11(18-12)8-4-3-7-17-8/h3-4,7,9H,1-2,5-6H2,(H,13,16). The first-order chi connectivity index (χ1) is 9.33. The zero-order valence-corrected chi connectivity index (χ0v) is 11.0. The number of furan rings is 1. The van der Waals surface area contributed by atoms with Crippen LogP contribution in [0.15, 0.2) is 32.5 Å². The van der Waals surface area contributed by atoms with Crippen LogP contribution in [0.1, 0.15) is 19.3 Å². The maximum atomic E-state index is 11.8. The van der Waals surface area contributed by atoms with Gasteiger partial charge >= 0.3 is 0 Å². The molecule has 0 radical (unpaired) electrons. The number of amides is 1. The molecule has 0 spiro atoms. The van der Waals surface area contributed by atoms with Gasteiger partial charge in [-0.15, -0.1) is 10.2 Å². The minimum Gasteiger partial charge on any atom is -0.459 e. The second kappa shape index (κ2) is 5.48. The van der Waals surface area contributed by atoms with Crippen molar-refractivity contribution >= 4 is 17.7 Å². The zero-order chi connectivity index (χ0) is 13.1. The zero-order valence-electron chi connectivity index (χ0n) is 10.2. The molecule has 0 aliphatic carbocycles. The third-order valence-electron chi connectivity index (χ3n) is 2.87. The number of hydrogen-bond donors (Lipinski definition) is 1. The number of nitrogens with zero attached hydrogens (tertiary/aromatic N) is 2. The lowest BCUT2D eigenvalue weighted by Gasteiger charge is -2.08. The summed E-state index contributed by atoms with van der Waals surface area (Å²) in [5, 5.41) is 11.0. The van der Waals surface area contributed by atoms with Crippen LogP contribution in [-0.4, -0.2) is 27.9 Å². The summed E-state index contributed by atoms with van der Waals surface area (Å²) in [4.78, 5) is 11.8. The van der Waals surface area contributed by atoms with Crippen molar-refractivity contribution in [1.82, 2.24) is 15.5 Å². The molecule has 3 rings (SSSR count). The van der Waals surface area contributed by atoms with Crippen molar-refractivity contribution in [3.05, 3.63) is 18.4 Å². The molecule has 7 heteroatoms. The minimum absolute atomic E-state index is 0.0419. The summed E-state index contributed by atoms with van der Waals surface area (Å²) in [5.74, 6) is 0.909. The van der Waals surface area contributed by atoms with Gasteiger partial charge in [-0.05, 0) is 25.0 Å². The van der Waals surface area contributed by atoms with Gasteiger partial charge in [-0.3, -0.25) is 4.79 Å². The van der Waals surface area contributed by atoms with Gasteiger partial charge in [0.25, 0.3) is 11.1 Å². The third kappa shape index (κ3) is 2.81. The summed E-state index contributed by atoms with van der Waals surface area (Å²) in [6.45, 7) is 0.747. The van der Waals surface area contributed by atoms with E-state index in [1.54, 1.807) is 18.4 Å². The van der Waals surface area contributed by atoms with Gasteiger partial charge in [-0.1, -0.05) is 18.2 Å². The monoisotopic (exact) mass is 279 g/mol. The largest absolute Gasteiger partial charge is 0.459 e. The molecular formula is C12H13N3O3S. The number of carbonyl (C=O) groups is 1. The number of rotatable bonds is 3. The fourth-order valence-corrected chi connectivity index (χ4v) is 2.84. The Labute approximate surface area is 114 Å². The Kier molecular flexibility index (Phi) is 3.54. The van der Waals surface area contributed by atoms with Crippen LogP contribution in [0.2, 0.25) is 0 Å². The van der Waals surface area contributed by atoms with Crippen LogP contribution >= 0.6 is 11.8 Å². The maximum absolute atomic E-state index is 11.8. The second-order valence-electron chi connectivity index (χ2n) is 4.24. The quantitative estimate of drug-likeness (QED) is 0.926. The van der Waals surface area contributed by atoms with Crippen LogP contribution < -0.4 is 5.32 Å². The SMILES string of the molecule is O=C1NCCCCC1Sc1nnc(-c2ccco2)o1. The van der Waals surface area contributed by atoms with E-state index in [0.29, 0.717) is 16.9 Å². The summed E-state index contributed by atoms with van der Waals surface area (Å²) in [6.07, 6.45) is 4.42. The maximum Gasteiger partial charge on any atom is 0.284 e. The molecule has 3 heterocycles. The molecule has 2 aromatic heterocycles. The fraction of sp³-hybridized carbons (Fsp3) is 0.417. The van der Waals surface area contributed by atoms with E-state index in [-0.39, 0.29) is 11.2 Å². The Morgan fingerprint density at radius 3 is 3.16 bits per heavy atom. The lowest BCUT2D eigenvalue weighted by Crippen LogP contribution is -2.30. The van der Waals surface area contributed by atoms with E-state index in [1.807, 2.05) is 0 Å². The molecule has 0 aromatic carbocycles. The molecule has 6 nitrogen and oxygen atoms in total. The van der Waals surface area contributed by atoms with Crippen LogP contribution in [-0.2, 0) is 4.79 Å². The Hall–Kier alpha value is -1.76. The highest BCUT2D eigenvalue weighted by molar-refractivity contribution is 8.00.